The van der Waals surface area contributed by atoms with Crippen LogP contribution in [0.25, 0.3) is 6.08 Å². The largest absolute Gasteiger partial charge is 0.0795 e. The third-order valence-corrected chi connectivity index (χ3v) is 2.38. The van der Waals surface area contributed by atoms with E-state index >= 15 is 0 Å². The molecule has 0 saturated heterocycles. The van der Waals surface area contributed by atoms with Gasteiger partial charge in [-0.2, -0.15) is 0 Å². The first kappa shape index (κ1) is 7.60. The van der Waals surface area contributed by atoms with Crippen molar-refractivity contribution in [3.8, 4) is 0 Å². The number of allylic oxidation sites excluding steroid dienone is 1. The van der Waals surface area contributed by atoms with Crippen LogP contribution < -0.4 is 0 Å². The van der Waals surface area contributed by atoms with Crippen molar-refractivity contribution >= 4 is 6.08 Å². The molecule has 1 aromatic carbocycles. The van der Waals surface area contributed by atoms with Gasteiger partial charge in [0.15, 0.2) is 0 Å². The van der Waals surface area contributed by atoms with Crippen molar-refractivity contribution in [2.45, 2.75) is 26.2 Å². The molecular formula is C12H14. The van der Waals surface area contributed by atoms with E-state index in [1.807, 2.05) is 0 Å². The molecule has 62 valence electrons. The molecule has 0 unspecified atom stereocenters. The standard InChI is InChI=1S/C12H14/c1-2-4-10-7-8-11-5-3-6-12(11)9-10/h3,5,7-9H,2,4,6H2,1H3. The molecular weight excluding hydrogens is 144 g/mol. The molecule has 0 amide bonds. The number of hydrogen-bond donors (Lipinski definition) is 0. The van der Waals surface area contributed by atoms with E-state index in [0.29, 0.717) is 0 Å². The van der Waals surface area contributed by atoms with Crippen molar-refractivity contribution in [3.05, 3.63) is 41.0 Å². The fraction of sp³-hybridized carbons (Fsp3) is 0.333. The molecule has 0 saturated carbocycles. The number of aryl methyl sites for hydroxylation is 1. The molecule has 0 radical (unpaired) electrons. The lowest BCUT2D eigenvalue weighted by Gasteiger charge is -2.02. The van der Waals surface area contributed by atoms with Crippen LogP contribution in [0.4, 0.5) is 0 Å². The van der Waals surface area contributed by atoms with Crippen LogP contribution >= 0.6 is 0 Å². The molecule has 1 aromatic rings. The lowest BCUT2D eigenvalue weighted by atomic mass is 10.0. The average molecular weight is 158 g/mol. The van der Waals surface area contributed by atoms with Crippen LogP contribution in [0.3, 0.4) is 0 Å². The second kappa shape index (κ2) is 3.14. The molecule has 0 N–H and O–H groups in total. The first-order valence-electron chi connectivity index (χ1n) is 4.68. The Morgan fingerprint density at radius 1 is 1.33 bits per heavy atom. The first-order chi connectivity index (χ1) is 5.90. The van der Waals surface area contributed by atoms with Gasteiger partial charge >= 0.3 is 0 Å². The summed E-state index contributed by atoms with van der Waals surface area (Å²) in [5.74, 6) is 0. The molecule has 0 aromatic heterocycles. The van der Waals surface area contributed by atoms with E-state index < -0.39 is 0 Å². The summed E-state index contributed by atoms with van der Waals surface area (Å²) in [6, 6.07) is 6.83. The predicted molar refractivity (Wildman–Crippen MR) is 53.2 cm³/mol. The number of fused-ring (bicyclic) bond motifs is 1. The van der Waals surface area contributed by atoms with Crippen molar-refractivity contribution in [1.82, 2.24) is 0 Å². The predicted octanol–water partition coefficient (Wildman–Crippen LogP) is 3.21. The summed E-state index contributed by atoms with van der Waals surface area (Å²) in [5.41, 5.74) is 4.40. The molecule has 12 heavy (non-hydrogen) atoms. The summed E-state index contributed by atoms with van der Waals surface area (Å²) in [7, 11) is 0. The molecule has 1 aliphatic carbocycles. The molecule has 0 heterocycles. The summed E-state index contributed by atoms with van der Waals surface area (Å²) in [6.45, 7) is 2.23. The smallest absolute Gasteiger partial charge is 0.00881 e. The Morgan fingerprint density at radius 3 is 3.08 bits per heavy atom. The van der Waals surface area contributed by atoms with Gasteiger partial charge in [0.1, 0.15) is 0 Å². The second-order valence-corrected chi connectivity index (χ2v) is 3.39. The Bertz CT molecular complexity index is 308. The van der Waals surface area contributed by atoms with Gasteiger partial charge in [-0.25, -0.2) is 0 Å². The third kappa shape index (κ3) is 1.29. The summed E-state index contributed by atoms with van der Waals surface area (Å²) >= 11 is 0. The van der Waals surface area contributed by atoms with E-state index in [1.165, 1.54) is 29.5 Å². The van der Waals surface area contributed by atoms with Crippen LogP contribution in [0.1, 0.15) is 30.0 Å². The quantitative estimate of drug-likeness (QED) is 0.620. The van der Waals surface area contributed by atoms with Crippen LogP contribution in [0, 0.1) is 0 Å². The van der Waals surface area contributed by atoms with Gasteiger partial charge < -0.3 is 0 Å². The summed E-state index contributed by atoms with van der Waals surface area (Å²) in [6.07, 6.45) is 8.04. The summed E-state index contributed by atoms with van der Waals surface area (Å²) in [5, 5.41) is 0. The van der Waals surface area contributed by atoms with Crippen molar-refractivity contribution in [3.63, 3.8) is 0 Å². The third-order valence-electron chi connectivity index (χ3n) is 2.38. The summed E-state index contributed by atoms with van der Waals surface area (Å²) in [4.78, 5) is 0. The fourth-order valence-corrected chi connectivity index (χ4v) is 1.76. The molecule has 0 aliphatic heterocycles. The molecule has 1 aliphatic rings. The molecule has 0 bridgehead atoms. The van der Waals surface area contributed by atoms with Gasteiger partial charge in [0, 0.05) is 0 Å². The highest BCUT2D eigenvalue weighted by molar-refractivity contribution is 5.60. The van der Waals surface area contributed by atoms with Gasteiger partial charge in [-0.05, 0) is 29.5 Å². The van der Waals surface area contributed by atoms with E-state index in [0.717, 1.165) is 6.42 Å². The Labute approximate surface area is 73.9 Å². The zero-order valence-corrected chi connectivity index (χ0v) is 7.51. The van der Waals surface area contributed by atoms with Gasteiger partial charge in [-0.3, -0.25) is 0 Å². The van der Waals surface area contributed by atoms with Gasteiger partial charge in [-0.1, -0.05) is 43.7 Å². The maximum absolute atomic E-state index is 2.35. The minimum absolute atomic E-state index is 1.13. The number of benzene rings is 1. The highest BCUT2D eigenvalue weighted by Gasteiger charge is 2.04. The molecule has 0 nitrogen and oxygen atoms in total. The van der Waals surface area contributed by atoms with Crippen LogP contribution in [0.15, 0.2) is 24.3 Å². The Balaban J connectivity index is 2.29. The Kier molecular flexibility index (Phi) is 1.99. The minimum atomic E-state index is 1.13. The van der Waals surface area contributed by atoms with E-state index in [2.05, 4.69) is 37.3 Å². The summed E-state index contributed by atoms with van der Waals surface area (Å²) < 4.78 is 0. The molecule has 0 atom stereocenters. The van der Waals surface area contributed by atoms with E-state index in [9.17, 15) is 0 Å². The lowest BCUT2D eigenvalue weighted by Crippen LogP contribution is -1.87. The van der Waals surface area contributed by atoms with Crippen LogP contribution in [-0.4, -0.2) is 0 Å². The molecule has 0 fully saturated rings. The number of rotatable bonds is 2. The minimum Gasteiger partial charge on any atom is -0.0795 e. The normalized spacial score (nSPS) is 13.4. The second-order valence-electron chi connectivity index (χ2n) is 3.39. The molecule has 2 rings (SSSR count). The maximum Gasteiger partial charge on any atom is -0.00881 e. The molecule has 0 spiro atoms. The highest BCUT2D eigenvalue weighted by Crippen LogP contribution is 2.20. The van der Waals surface area contributed by atoms with E-state index in [4.69, 9.17) is 0 Å². The maximum atomic E-state index is 2.35. The zero-order valence-electron chi connectivity index (χ0n) is 7.51. The SMILES string of the molecule is CCCc1ccc2c(c1)CC=C2. The Morgan fingerprint density at radius 2 is 2.25 bits per heavy atom. The average Bonchev–Trinajstić information content (AvgIpc) is 2.51. The Hall–Kier alpha value is -1.04. The first-order valence-corrected chi connectivity index (χ1v) is 4.68. The van der Waals surface area contributed by atoms with Crippen molar-refractivity contribution in [2.24, 2.45) is 0 Å². The van der Waals surface area contributed by atoms with Gasteiger partial charge in [0.2, 0.25) is 0 Å². The monoisotopic (exact) mass is 158 g/mol. The van der Waals surface area contributed by atoms with Crippen molar-refractivity contribution in [2.75, 3.05) is 0 Å². The van der Waals surface area contributed by atoms with E-state index in [1.54, 1.807) is 0 Å². The zero-order chi connectivity index (χ0) is 8.39. The number of hydrogen-bond acceptors (Lipinski definition) is 0. The van der Waals surface area contributed by atoms with Crippen molar-refractivity contribution < 1.29 is 0 Å². The van der Waals surface area contributed by atoms with Gasteiger partial charge in [0.25, 0.3) is 0 Å². The van der Waals surface area contributed by atoms with Crippen LogP contribution in [0.2, 0.25) is 0 Å². The van der Waals surface area contributed by atoms with E-state index in [-0.39, 0.29) is 0 Å². The molecule has 0 heteroatoms. The van der Waals surface area contributed by atoms with Crippen LogP contribution in [-0.2, 0) is 12.8 Å². The van der Waals surface area contributed by atoms with Crippen LogP contribution in [0.5, 0.6) is 0 Å². The van der Waals surface area contributed by atoms with Gasteiger partial charge in [-0.15, -0.1) is 0 Å². The highest BCUT2D eigenvalue weighted by atomic mass is 14.1. The lowest BCUT2D eigenvalue weighted by molar-refractivity contribution is 0.919. The fourth-order valence-electron chi connectivity index (χ4n) is 1.76. The van der Waals surface area contributed by atoms with Gasteiger partial charge in [0.05, 0.1) is 0 Å². The van der Waals surface area contributed by atoms with Crippen molar-refractivity contribution in [1.29, 1.82) is 0 Å². The topological polar surface area (TPSA) is 0 Å².